The SMILES string of the molecule is CC[C@H](C)c1ccc(S(=O)(=O)N2CCN(S(=O)(=O)c3ccccc3OC)CC2)cc1. The lowest BCUT2D eigenvalue weighted by atomic mass is 9.99. The number of para-hydroxylation sites is 1. The van der Waals surface area contributed by atoms with Crippen molar-refractivity contribution in [2.24, 2.45) is 0 Å². The first kappa shape index (κ1) is 22.7. The van der Waals surface area contributed by atoms with Crippen LogP contribution in [0, 0.1) is 0 Å². The Balaban J connectivity index is 1.74. The summed E-state index contributed by atoms with van der Waals surface area (Å²) in [5, 5.41) is 0. The quantitative estimate of drug-likeness (QED) is 0.645. The summed E-state index contributed by atoms with van der Waals surface area (Å²) in [7, 11) is -6.02. The summed E-state index contributed by atoms with van der Waals surface area (Å²) in [6.45, 7) is 4.57. The standard InChI is InChI=1S/C21H28N2O5S2/c1-4-17(2)18-9-11-19(12-10-18)29(24,25)22-13-15-23(16-14-22)30(26,27)21-8-6-5-7-20(21)28-3/h5-12,17H,4,13-16H2,1-3H3/t17-/m0/s1. The molecule has 164 valence electrons. The van der Waals surface area contributed by atoms with Crippen LogP contribution in [-0.2, 0) is 20.0 Å². The van der Waals surface area contributed by atoms with E-state index in [1.54, 1.807) is 30.3 Å². The molecule has 0 spiro atoms. The Bertz CT molecular complexity index is 1070. The maximum atomic E-state index is 13.0. The minimum atomic E-state index is -3.77. The van der Waals surface area contributed by atoms with Crippen LogP contribution in [-0.4, -0.2) is 58.7 Å². The Hall–Kier alpha value is -1.94. The van der Waals surface area contributed by atoms with E-state index in [1.807, 2.05) is 12.1 Å². The molecular weight excluding hydrogens is 424 g/mol. The van der Waals surface area contributed by atoms with E-state index in [-0.39, 0.29) is 41.7 Å². The minimum absolute atomic E-state index is 0.0874. The predicted molar refractivity (Wildman–Crippen MR) is 116 cm³/mol. The molecule has 2 aromatic rings. The van der Waals surface area contributed by atoms with Crippen LogP contribution >= 0.6 is 0 Å². The van der Waals surface area contributed by atoms with Crippen LogP contribution in [0.4, 0.5) is 0 Å². The second-order valence-electron chi connectivity index (χ2n) is 7.34. The molecule has 1 fully saturated rings. The average Bonchev–Trinajstić information content (AvgIpc) is 2.78. The Morgan fingerprint density at radius 2 is 1.40 bits per heavy atom. The molecule has 3 rings (SSSR count). The number of rotatable bonds is 7. The van der Waals surface area contributed by atoms with E-state index >= 15 is 0 Å². The molecule has 1 saturated heterocycles. The van der Waals surface area contributed by atoms with Gasteiger partial charge in [-0.25, -0.2) is 16.8 Å². The van der Waals surface area contributed by atoms with Crippen LogP contribution in [0.15, 0.2) is 58.3 Å². The van der Waals surface area contributed by atoms with Gasteiger partial charge in [0.05, 0.1) is 12.0 Å². The third kappa shape index (κ3) is 4.39. The molecule has 0 amide bonds. The molecule has 9 heteroatoms. The van der Waals surface area contributed by atoms with Gasteiger partial charge in [0.2, 0.25) is 20.0 Å². The van der Waals surface area contributed by atoms with Gasteiger partial charge in [-0.1, -0.05) is 38.1 Å². The number of methoxy groups -OCH3 is 1. The van der Waals surface area contributed by atoms with E-state index in [9.17, 15) is 16.8 Å². The van der Waals surface area contributed by atoms with Crippen molar-refractivity contribution in [3.05, 3.63) is 54.1 Å². The fourth-order valence-corrected chi connectivity index (χ4v) is 6.48. The van der Waals surface area contributed by atoms with Gasteiger partial charge < -0.3 is 4.74 Å². The molecule has 7 nitrogen and oxygen atoms in total. The lowest BCUT2D eigenvalue weighted by Gasteiger charge is -2.33. The zero-order chi connectivity index (χ0) is 21.9. The van der Waals surface area contributed by atoms with E-state index in [4.69, 9.17) is 4.74 Å². The van der Waals surface area contributed by atoms with E-state index in [2.05, 4.69) is 13.8 Å². The number of nitrogens with zero attached hydrogens (tertiary/aromatic N) is 2. The molecule has 0 unspecified atom stereocenters. The van der Waals surface area contributed by atoms with Gasteiger partial charge in [0.25, 0.3) is 0 Å². The van der Waals surface area contributed by atoms with Crippen molar-refractivity contribution in [2.75, 3.05) is 33.3 Å². The monoisotopic (exact) mass is 452 g/mol. The zero-order valence-corrected chi connectivity index (χ0v) is 19.1. The summed E-state index contributed by atoms with van der Waals surface area (Å²) in [6.07, 6.45) is 0.981. The highest BCUT2D eigenvalue weighted by molar-refractivity contribution is 7.89. The maximum Gasteiger partial charge on any atom is 0.246 e. The first-order valence-electron chi connectivity index (χ1n) is 9.95. The van der Waals surface area contributed by atoms with Crippen molar-refractivity contribution in [1.29, 1.82) is 0 Å². The van der Waals surface area contributed by atoms with E-state index < -0.39 is 20.0 Å². The lowest BCUT2D eigenvalue weighted by molar-refractivity contribution is 0.272. The third-order valence-electron chi connectivity index (χ3n) is 5.58. The summed E-state index contributed by atoms with van der Waals surface area (Å²) in [4.78, 5) is 0.319. The van der Waals surface area contributed by atoms with Crippen molar-refractivity contribution >= 4 is 20.0 Å². The molecule has 1 aliphatic heterocycles. The summed E-state index contributed by atoms with van der Waals surface area (Å²) < 4.78 is 59.8. The second-order valence-corrected chi connectivity index (χ2v) is 11.2. The van der Waals surface area contributed by atoms with Crippen LogP contribution < -0.4 is 4.74 Å². The van der Waals surface area contributed by atoms with Gasteiger partial charge in [-0.15, -0.1) is 0 Å². The van der Waals surface area contributed by atoms with Crippen molar-refractivity contribution in [3.63, 3.8) is 0 Å². The molecule has 30 heavy (non-hydrogen) atoms. The Kier molecular flexibility index (Phi) is 6.86. The molecule has 0 bridgehead atoms. The van der Waals surface area contributed by atoms with Crippen LogP contribution in [0.2, 0.25) is 0 Å². The normalized spacial score (nSPS) is 17.6. The van der Waals surface area contributed by atoms with Gasteiger partial charge in [-0.3, -0.25) is 0 Å². The largest absolute Gasteiger partial charge is 0.495 e. The smallest absolute Gasteiger partial charge is 0.246 e. The number of hydrogen-bond donors (Lipinski definition) is 0. The summed E-state index contributed by atoms with van der Waals surface area (Å²) in [5.74, 6) is 0.638. The van der Waals surface area contributed by atoms with Crippen LogP contribution in [0.1, 0.15) is 31.7 Å². The molecular formula is C21H28N2O5S2. The number of piperazine rings is 1. The molecule has 1 aliphatic rings. The third-order valence-corrected chi connectivity index (χ3v) is 9.43. The van der Waals surface area contributed by atoms with Gasteiger partial charge in [0.1, 0.15) is 10.6 Å². The first-order valence-corrected chi connectivity index (χ1v) is 12.8. The van der Waals surface area contributed by atoms with Crippen LogP contribution in [0.3, 0.4) is 0 Å². The van der Waals surface area contributed by atoms with Crippen LogP contribution in [0.5, 0.6) is 5.75 Å². The summed E-state index contributed by atoms with van der Waals surface area (Å²) >= 11 is 0. The molecule has 1 atom stereocenters. The summed E-state index contributed by atoms with van der Waals surface area (Å²) in [5.41, 5.74) is 1.10. The molecule has 0 aliphatic carbocycles. The average molecular weight is 453 g/mol. The lowest BCUT2D eigenvalue weighted by Crippen LogP contribution is -2.50. The topological polar surface area (TPSA) is 84.0 Å². The summed E-state index contributed by atoms with van der Waals surface area (Å²) in [6, 6.07) is 13.4. The van der Waals surface area contributed by atoms with Gasteiger partial charge in [0, 0.05) is 26.2 Å². The number of benzene rings is 2. The van der Waals surface area contributed by atoms with Crippen molar-refractivity contribution < 1.29 is 21.6 Å². The van der Waals surface area contributed by atoms with Gasteiger partial charge >= 0.3 is 0 Å². The van der Waals surface area contributed by atoms with Crippen LogP contribution in [0.25, 0.3) is 0 Å². The highest BCUT2D eigenvalue weighted by Gasteiger charge is 2.34. The minimum Gasteiger partial charge on any atom is -0.495 e. The van der Waals surface area contributed by atoms with E-state index in [0.29, 0.717) is 5.92 Å². The first-order chi connectivity index (χ1) is 14.2. The highest BCUT2D eigenvalue weighted by Crippen LogP contribution is 2.28. The van der Waals surface area contributed by atoms with Crippen molar-refractivity contribution in [2.45, 2.75) is 36.0 Å². The number of hydrogen-bond acceptors (Lipinski definition) is 5. The Labute approximate surface area is 179 Å². The molecule has 2 aromatic carbocycles. The molecule has 0 N–H and O–H groups in total. The second kappa shape index (κ2) is 9.05. The molecule has 1 heterocycles. The molecule has 0 radical (unpaired) electrons. The van der Waals surface area contributed by atoms with Gasteiger partial charge in [0.15, 0.2) is 0 Å². The number of sulfonamides is 2. The number of ether oxygens (including phenoxy) is 1. The van der Waals surface area contributed by atoms with E-state index in [0.717, 1.165) is 12.0 Å². The van der Waals surface area contributed by atoms with E-state index in [1.165, 1.54) is 21.8 Å². The molecule has 0 aromatic heterocycles. The fourth-order valence-electron chi connectivity index (χ4n) is 3.47. The Morgan fingerprint density at radius 1 is 0.867 bits per heavy atom. The fraction of sp³-hybridized carbons (Fsp3) is 0.429. The van der Waals surface area contributed by atoms with Gasteiger partial charge in [-0.05, 0) is 42.2 Å². The molecule has 0 saturated carbocycles. The zero-order valence-electron chi connectivity index (χ0n) is 17.5. The highest BCUT2D eigenvalue weighted by atomic mass is 32.2. The predicted octanol–water partition coefficient (Wildman–Crippen LogP) is 2.90. The van der Waals surface area contributed by atoms with Crippen molar-refractivity contribution in [3.8, 4) is 5.75 Å². The maximum absolute atomic E-state index is 13.0. The van der Waals surface area contributed by atoms with Crippen molar-refractivity contribution in [1.82, 2.24) is 8.61 Å². The van der Waals surface area contributed by atoms with Gasteiger partial charge in [-0.2, -0.15) is 8.61 Å². The Morgan fingerprint density at radius 3 is 1.93 bits per heavy atom.